The first-order valence-electron chi connectivity index (χ1n) is 20.9. The summed E-state index contributed by atoms with van der Waals surface area (Å²) >= 11 is 0. The van der Waals surface area contributed by atoms with Crippen molar-refractivity contribution in [3.63, 3.8) is 0 Å². The van der Waals surface area contributed by atoms with Crippen LogP contribution in [0.5, 0.6) is 0 Å². The van der Waals surface area contributed by atoms with Gasteiger partial charge in [0.2, 0.25) is 11.8 Å². The minimum Gasteiger partial charge on any atom is -0.453 e. The van der Waals surface area contributed by atoms with Gasteiger partial charge in [0.15, 0.2) is 0 Å². The minimum absolute atomic E-state index is 0.0411. The van der Waals surface area contributed by atoms with E-state index in [-0.39, 0.29) is 30.4 Å². The first-order valence-corrected chi connectivity index (χ1v) is 20.9. The van der Waals surface area contributed by atoms with E-state index >= 15 is 0 Å². The fourth-order valence-corrected chi connectivity index (χ4v) is 7.47. The Morgan fingerprint density at radius 1 is 0.774 bits per heavy atom. The van der Waals surface area contributed by atoms with Gasteiger partial charge in [-0.3, -0.25) is 14.5 Å². The van der Waals surface area contributed by atoms with Gasteiger partial charge in [-0.25, -0.2) is 19.6 Å². The summed E-state index contributed by atoms with van der Waals surface area (Å²) in [4.78, 5) is 71.9. The molecular formula is C48H58N8O6. The standard InChI is InChI=1S/C40H50N8O6.C6H6.C2H2/c1-7-46(39(52)54-40(3,4)5)24-34(49)47-20-8-10-32(47)35-41-22-30(44-35)28-16-12-26(13-17-28)27-14-18-29(19-15-27)31-23-42-36(45-31)33-11-9-21-48(33)37(50)25(2)43-38(51)53-6;1-2-4-6-5-3-1;1-2/h12-19,22-23,25,32-33H,7-11,20-21,24H2,1-6H3,(H,41,44)(H,42,45)(H,43,51);1-6H;1-2H/t25-,32-,33-;;/m0../s1. The number of hydrogen-bond donors (Lipinski definition) is 3. The van der Waals surface area contributed by atoms with Crippen molar-refractivity contribution in [2.75, 3.05) is 33.3 Å². The quantitative estimate of drug-likeness (QED) is 0.118. The predicted octanol–water partition coefficient (Wildman–Crippen LogP) is 8.40. The topological polar surface area (TPSA) is 166 Å². The smallest absolute Gasteiger partial charge is 0.410 e. The molecule has 14 nitrogen and oxygen atoms in total. The normalized spacial score (nSPS) is 16.2. The molecule has 4 heterocycles. The van der Waals surface area contributed by atoms with Crippen LogP contribution in [0.15, 0.2) is 97.3 Å². The van der Waals surface area contributed by atoms with Gasteiger partial charge < -0.3 is 34.6 Å². The SMILES string of the molecule is C#C.CCN(CC(=O)N1CCC[C@H]1c1ncc(-c2ccc(-c3ccc(-c4cnc([C@@H]5CCCN5C(=O)[C@H](C)NC(=O)OC)[nH]4)cc3)cc2)[nH]1)C(=O)OC(C)(C)C.c1ccccc1. The zero-order chi connectivity index (χ0) is 44.8. The molecule has 0 unspecified atom stereocenters. The summed E-state index contributed by atoms with van der Waals surface area (Å²) in [6, 6.07) is 27.4. The molecule has 7 rings (SSSR count). The van der Waals surface area contributed by atoms with Crippen LogP contribution in [0.4, 0.5) is 9.59 Å². The Hall–Kier alpha value is -6.88. The van der Waals surface area contributed by atoms with Crippen LogP contribution in [0.25, 0.3) is 33.6 Å². The Morgan fingerprint density at radius 2 is 1.21 bits per heavy atom. The molecular weight excluding hydrogens is 785 g/mol. The number of nitrogens with one attached hydrogen (secondary N) is 3. The molecule has 3 aromatic carbocycles. The highest BCUT2D eigenvalue weighted by Gasteiger charge is 2.36. The van der Waals surface area contributed by atoms with Crippen molar-refractivity contribution in [1.29, 1.82) is 0 Å². The Balaban J connectivity index is 0.000000825. The predicted molar refractivity (Wildman–Crippen MR) is 239 cm³/mol. The van der Waals surface area contributed by atoms with Crippen molar-refractivity contribution < 1.29 is 28.7 Å². The molecule has 14 heteroatoms. The van der Waals surface area contributed by atoms with Crippen LogP contribution >= 0.6 is 0 Å². The molecule has 0 bridgehead atoms. The third-order valence-electron chi connectivity index (χ3n) is 10.6. The number of nitrogens with zero attached hydrogens (tertiary/aromatic N) is 5. The van der Waals surface area contributed by atoms with E-state index < -0.39 is 23.8 Å². The van der Waals surface area contributed by atoms with Gasteiger partial charge in [-0.15, -0.1) is 12.8 Å². The molecule has 62 heavy (non-hydrogen) atoms. The lowest BCUT2D eigenvalue weighted by Crippen LogP contribution is -2.46. The number of rotatable bonds is 10. The third kappa shape index (κ3) is 11.9. The number of imidazole rings is 2. The highest BCUT2D eigenvalue weighted by molar-refractivity contribution is 5.86. The lowest BCUT2D eigenvalue weighted by atomic mass is 10.0. The summed E-state index contributed by atoms with van der Waals surface area (Å²) < 4.78 is 10.1. The number of likely N-dealkylation sites (tertiary alicyclic amines) is 2. The Labute approximate surface area is 364 Å². The van der Waals surface area contributed by atoms with Crippen molar-refractivity contribution in [2.24, 2.45) is 0 Å². The fraction of sp³-hybridized carbons (Fsp3) is 0.375. The summed E-state index contributed by atoms with van der Waals surface area (Å²) in [6.45, 7) is 10.5. The molecule has 4 amide bonds. The Bertz CT molecular complexity index is 2220. The average molecular weight is 843 g/mol. The van der Waals surface area contributed by atoms with Crippen LogP contribution in [0.2, 0.25) is 0 Å². The van der Waals surface area contributed by atoms with E-state index in [1.54, 1.807) is 24.2 Å². The van der Waals surface area contributed by atoms with E-state index in [4.69, 9.17) is 4.74 Å². The second-order valence-corrected chi connectivity index (χ2v) is 16.0. The van der Waals surface area contributed by atoms with Crippen molar-refractivity contribution >= 4 is 24.0 Å². The maximum atomic E-state index is 13.4. The van der Waals surface area contributed by atoms with E-state index in [2.05, 4.69) is 79.2 Å². The van der Waals surface area contributed by atoms with Gasteiger partial charge in [-0.1, -0.05) is 84.9 Å². The number of aromatic amines is 2. The summed E-state index contributed by atoms with van der Waals surface area (Å²) in [5, 5.41) is 2.56. The van der Waals surface area contributed by atoms with Crippen molar-refractivity contribution in [3.8, 4) is 46.5 Å². The average Bonchev–Trinajstić information content (AvgIpc) is 4.14. The molecule has 0 aliphatic carbocycles. The molecule has 0 saturated carbocycles. The lowest BCUT2D eigenvalue weighted by Gasteiger charge is -2.29. The second kappa shape index (κ2) is 21.6. The molecule has 2 aliphatic heterocycles. The number of H-pyrrole nitrogens is 2. The number of terminal acetylenes is 1. The lowest BCUT2D eigenvalue weighted by molar-refractivity contribution is -0.134. The van der Waals surface area contributed by atoms with Crippen LogP contribution in [0.1, 0.15) is 84.0 Å². The summed E-state index contributed by atoms with van der Waals surface area (Å²) in [5.41, 5.74) is 5.15. The summed E-state index contributed by atoms with van der Waals surface area (Å²) in [7, 11) is 1.27. The highest BCUT2D eigenvalue weighted by Crippen LogP contribution is 2.34. The molecule has 2 aromatic heterocycles. The van der Waals surface area contributed by atoms with Crippen molar-refractivity contribution in [1.82, 2.24) is 40.0 Å². The number of methoxy groups -OCH3 is 1. The maximum Gasteiger partial charge on any atom is 0.410 e. The van der Waals surface area contributed by atoms with Gasteiger partial charge in [0, 0.05) is 19.6 Å². The molecule has 2 saturated heterocycles. The van der Waals surface area contributed by atoms with Crippen LogP contribution in [-0.4, -0.2) is 104 Å². The number of carbonyl (C=O) groups is 4. The van der Waals surface area contributed by atoms with E-state index in [1.165, 1.54) is 12.0 Å². The van der Waals surface area contributed by atoms with E-state index in [9.17, 15) is 19.2 Å². The molecule has 5 aromatic rings. The van der Waals surface area contributed by atoms with Gasteiger partial charge in [0.25, 0.3) is 0 Å². The zero-order valence-electron chi connectivity index (χ0n) is 36.5. The molecule has 2 aliphatic rings. The molecule has 0 spiro atoms. The van der Waals surface area contributed by atoms with Gasteiger partial charge in [0.05, 0.1) is 43.0 Å². The Kier molecular flexibility index (Phi) is 16.1. The number of amides is 4. The van der Waals surface area contributed by atoms with Crippen LogP contribution in [0.3, 0.4) is 0 Å². The highest BCUT2D eigenvalue weighted by atomic mass is 16.6. The zero-order valence-corrected chi connectivity index (χ0v) is 36.5. The van der Waals surface area contributed by atoms with E-state index in [0.29, 0.717) is 19.6 Å². The van der Waals surface area contributed by atoms with E-state index in [0.717, 1.165) is 71.0 Å². The van der Waals surface area contributed by atoms with Crippen molar-refractivity contribution in [2.45, 2.75) is 84.0 Å². The number of carbonyl (C=O) groups excluding carboxylic acids is 4. The number of benzene rings is 3. The molecule has 3 N–H and O–H groups in total. The van der Waals surface area contributed by atoms with Crippen LogP contribution in [-0.2, 0) is 19.1 Å². The number of alkyl carbamates (subject to hydrolysis) is 1. The number of aromatic nitrogens is 4. The second-order valence-electron chi connectivity index (χ2n) is 16.0. The maximum absolute atomic E-state index is 13.4. The molecule has 0 radical (unpaired) electrons. The number of ether oxygens (including phenoxy) is 2. The van der Waals surface area contributed by atoms with Crippen molar-refractivity contribution in [3.05, 3.63) is 109 Å². The van der Waals surface area contributed by atoms with Gasteiger partial charge in [-0.05, 0) is 82.6 Å². The Morgan fingerprint density at radius 3 is 1.65 bits per heavy atom. The summed E-state index contributed by atoms with van der Waals surface area (Å²) in [6.07, 6.45) is 13.7. The summed E-state index contributed by atoms with van der Waals surface area (Å²) in [5.74, 6) is 1.15. The van der Waals surface area contributed by atoms with Crippen LogP contribution < -0.4 is 5.32 Å². The molecule has 3 atom stereocenters. The van der Waals surface area contributed by atoms with Crippen LogP contribution in [0, 0.1) is 12.8 Å². The number of likely N-dealkylation sites (N-methyl/N-ethyl adjacent to an activating group) is 1. The fourth-order valence-electron chi connectivity index (χ4n) is 7.47. The van der Waals surface area contributed by atoms with Gasteiger partial charge in [-0.2, -0.15) is 0 Å². The monoisotopic (exact) mass is 842 g/mol. The largest absolute Gasteiger partial charge is 0.453 e. The van der Waals surface area contributed by atoms with Gasteiger partial charge >= 0.3 is 12.2 Å². The van der Waals surface area contributed by atoms with E-state index in [1.807, 2.05) is 81.1 Å². The third-order valence-corrected chi connectivity index (χ3v) is 10.6. The molecule has 326 valence electrons. The molecule has 2 fully saturated rings. The van der Waals surface area contributed by atoms with Gasteiger partial charge in [0.1, 0.15) is 29.8 Å². The first-order chi connectivity index (χ1) is 29.8. The number of hydrogen-bond acceptors (Lipinski definition) is 8. The minimum atomic E-state index is -0.706. The first kappa shape index (κ1) is 46.2.